The molecular formula is C21H23N3O3. The van der Waals surface area contributed by atoms with E-state index in [0.717, 1.165) is 42.6 Å². The Bertz CT molecular complexity index is 949. The molecule has 0 amide bonds. The predicted octanol–water partition coefficient (Wildman–Crippen LogP) is 3.04. The third-order valence-corrected chi connectivity index (χ3v) is 5.10. The van der Waals surface area contributed by atoms with Crippen LogP contribution in [0.5, 0.6) is 0 Å². The number of aliphatic hydroxyl groups excluding tert-OH is 1. The lowest BCUT2D eigenvalue weighted by Gasteiger charge is -2.34. The zero-order valence-electron chi connectivity index (χ0n) is 15.1. The van der Waals surface area contributed by atoms with Crippen LogP contribution in [0.15, 0.2) is 58.1 Å². The molecule has 2 N–H and O–H groups in total. The van der Waals surface area contributed by atoms with Gasteiger partial charge in [-0.3, -0.25) is 9.69 Å². The standard InChI is InChI=1S/C21H23N3O3/c25-13-18-6-1-2-8-24(18)12-15-4-3-5-16(10-15)21-22-19(11-20(26)23-21)17-7-9-27-14-17/h3-5,7,9-11,14,18,25H,1-2,6,8,12-13H2,(H,22,23,26). The number of aliphatic hydroxyl groups is 1. The molecule has 1 saturated heterocycles. The van der Waals surface area contributed by atoms with E-state index in [0.29, 0.717) is 11.5 Å². The Balaban J connectivity index is 1.62. The third-order valence-electron chi connectivity index (χ3n) is 5.10. The second kappa shape index (κ2) is 7.90. The number of hydrogen-bond acceptors (Lipinski definition) is 5. The zero-order valence-corrected chi connectivity index (χ0v) is 15.1. The predicted molar refractivity (Wildman–Crippen MR) is 103 cm³/mol. The fraction of sp³-hybridized carbons (Fsp3) is 0.333. The molecule has 0 radical (unpaired) electrons. The van der Waals surface area contributed by atoms with E-state index in [1.165, 1.54) is 12.5 Å². The summed E-state index contributed by atoms with van der Waals surface area (Å²) >= 11 is 0. The van der Waals surface area contributed by atoms with Crippen LogP contribution in [0.4, 0.5) is 0 Å². The molecule has 1 fully saturated rings. The number of H-pyrrole nitrogens is 1. The van der Waals surface area contributed by atoms with Crippen molar-refractivity contribution in [2.24, 2.45) is 0 Å². The Kier molecular flexibility index (Phi) is 5.18. The monoisotopic (exact) mass is 365 g/mol. The maximum atomic E-state index is 12.1. The lowest BCUT2D eigenvalue weighted by Crippen LogP contribution is -2.41. The number of aromatic nitrogens is 2. The highest BCUT2D eigenvalue weighted by atomic mass is 16.3. The van der Waals surface area contributed by atoms with Crippen molar-refractivity contribution >= 4 is 0 Å². The van der Waals surface area contributed by atoms with Crippen molar-refractivity contribution in [3.05, 3.63) is 64.8 Å². The number of likely N-dealkylation sites (tertiary alicyclic amines) is 1. The SMILES string of the molecule is O=c1cc(-c2ccoc2)nc(-c2cccc(CN3CCCCC3CO)c2)[nH]1. The molecule has 2 aromatic heterocycles. The molecule has 140 valence electrons. The van der Waals surface area contributed by atoms with Gasteiger partial charge in [-0.2, -0.15) is 0 Å². The normalized spacial score (nSPS) is 17.9. The van der Waals surface area contributed by atoms with E-state index < -0.39 is 0 Å². The number of aromatic amines is 1. The van der Waals surface area contributed by atoms with E-state index in [-0.39, 0.29) is 18.2 Å². The molecule has 6 nitrogen and oxygen atoms in total. The summed E-state index contributed by atoms with van der Waals surface area (Å²) in [4.78, 5) is 21.9. The Hall–Kier alpha value is -2.70. The third kappa shape index (κ3) is 4.02. The first-order valence-corrected chi connectivity index (χ1v) is 9.31. The van der Waals surface area contributed by atoms with Crippen LogP contribution < -0.4 is 5.56 Å². The second-order valence-electron chi connectivity index (χ2n) is 6.99. The van der Waals surface area contributed by atoms with E-state index in [9.17, 15) is 9.90 Å². The van der Waals surface area contributed by atoms with Crippen LogP contribution in [-0.2, 0) is 6.54 Å². The quantitative estimate of drug-likeness (QED) is 0.726. The van der Waals surface area contributed by atoms with E-state index in [2.05, 4.69) is 27.0 Å². The van der Waals surface area contributed by atoms with Crippen LogP contribution in [0.1, 0.15) is 24.8 Å². The zero-order chi connectivity index (χ0) is 18.6. The molecule has 3 heterocycles. The van der Waals surface area contributed by atoms with Crippen molar-refractivity contribution in [1.82, 2.24) is 14.9 Å². The first kappa shape index (κ1) is 17.7. The van der Waals surface area contributed by atoms with Crippen LogP contribution in [-0.4, -0.2) is 39.2 Å². The minimum Gasteiger partial charge on any atom is -0.472 e. The van der Waals surface area contributed by atoms with Gasteiger partial charge in [-0.1, -0.05) is 24.6 Å². The molecule has 1 atom stereocenters. The van der Waals surface area contributed by atoms with Gasteiger partial charge in [-0.15, -0.1) is 0 Å². The number of nitrogens with one attached hydrogen (secondary N) is 1. The molecule has 0 saturated carbocycles. The van der Waals surface area contributed by atoms with Crippen molar-refractivity contribution in [1.29, 1.82) is 0 Å². The number of hydrogen-bond donors (Lipinski definition) is 2. The van der Waals surface area contributed by atoms with E-state index in [1.807, 2.05) is 12.1 Å². The Morgan fingerprint density at radius 2 is 2.15 bits per heavy atom. The Morgan fingerprint density at radius 3 is 2.96 bits per heavy atom. The van der Waals surface area contributed by atoms with Crippen LogP contribution in [0.25, 0.3) is 22.6 Å². The largest absolute Gasteiger partial charge is 0.472 e. The van der Waals surface area contributed by atoms with Gasteiger partial charge in [-0.05, 0) is 37.1 Å². The molecule has 6 heteroatoms. The summed E-state index contributed by atoms with van der Waals surface area (Å²) in [7, 11) is 0. The van der Waals surface area contributed by atoms with Crippen molar-refractivity contribution in [3.63, 3.8) is 0 Å². The van der Waals surface area contributed by atoms with Gasteiger partial charge in [0.05, 0.1) is 24.8 Å². The van der Waals surface area contributed by atoms with Gasteiger partial charge in [0.2, 0.25) is 0 Å². The Labute approximate surface area is 157 Å². The number of nitrogens with zero attached hydrogens (tertiary/aromatic N) is 2. The molecule has 0 spiro atoms. The van der Waals surface area contributed by atoms with E-state index >= 15 is 0 Å². The first-order chi connectivity index (χ1) is 13.2. The highest BCUT2D eigenvalue weighted by Crippen LogP contribution is 2.23. The van der Waals surface area contributed by atoms with Crippen LogP contribution in [0.2, 0.25) is 0 Å². The molecule has 27 heavy (non-hydrogen) atoms. The number of rotatable bonds is 5. The van der Waals surface area contributed by atoms with Crippen LogP contribution >= 0.6 is 0 Å². The second-order valence-corrected chi connectivity index (χ2v) is 6.99. The van der Waals surface area contributed by atoms with Gasteiger partial charge in [-0.25, -0.2) is 4.98 Å². The fourth-order valence-corrected chi connectivity index (χ4v) is 3.68. The first-order valence-electron chi connectivity index (χ1n) is 9.31. The summed E-state index contributed by atoms with van der Waals surface area (Å²) in [5.74, 6) is 0.540. The van der Waals surface area contributed by atoms with Crippen LogP contribution in [0.3, 0.4) is 0 Å². The molecule has 1 aliphatic heterocycles. The van der Waals surface area contributed by atoms with Gasteiger partial charge in [0.15, 0.2) is 0 Å². The van der Waals surface area contributed by atoms with Gasteiger partial charge in [0, 0.05) is 29.8 Å². The maximum Gasteiger partial charge on any atom is 0.251 e. The smallest absolute Gasteiger partial charge is 0.251 e. The van der Waals surface area contributed by atoms with Gasteiger partial charge in [0.25, 0.3) is 5.56 Å². The molecule has 3 aromatic rings. The molecule has 1 unspecified atom stereocenters. The highest BCUT2D eigenvalue weighted by Gasteiger charge is 2.21. The molecule has 1 aromatic carbocycles. The summed E-state index contributed by atoms with van der Waals surface area (Å²) in [6, 6.07) is 11.5. The maximum absolute atomic E-state index is 12.1. The molecular weight excluding hydrogens is 342 g/mol. The number of benzene rings is 1. The summed E-state index contributed by atoms with van der Waals surface area (Å²) < 4.78 is 5.10. The average Bonchev–Trinajstić information content (AvgIpc) is 3.23. The molecule has 0 aliphatic carbocycles. The van der Waals surface area contributed by atoms with Crippen molar-refractivity contribution in [2.75, 3.05) is 13.2 Å². The van der Waals surface area contributed by atoms with E-state index in [1.54, 1.807) is 18.6 Å². The minimum atomic E-state index is -0.196. The number of piperidine rings is 1. The average molecular weight is 365 g/mol. The number of furan rings is 1. The van der Waals surface area contributed by atoms with Crippen molar-refractivity contribution in [3.8, 4) is 22.6 Å². The fourth-order valence-electron chi connectivity index (χ4n) is 3.68. The molecule has 1 aliphatic rings. The lowest BCUT2D eigenvalue weighted by molar-refractivity contribution is 0.0841. The minimum absolute atomic E-state index is 0.196. The topological polar surface area (TPSA) is 82.4 Å². The summed E-state index contributed by atoms with van der Waals surface area (Å²) in [6.45, 7) is 1.98. The summed E-state index contributed by atoms with van der Waals surface area (Å²) in [5, 5.41) is 9.62. The summed E-state index contributed by atoms with van der Waals surface area (Å²) in [6.07, 6.45) is 6.52. The van der Waals surface area contributed by atoms with Gasteiger partial charge >= 0.3 is 0 Å². The lowest BCUT2D eigenvalue weighted by atomic mass is 10.0. The summed E-state index contributed by atoms with van der Waals surface area (Å²) in [5.41, 5.74) is 3.18. The Morgan fingerprint density at radius 1 is 1.22 bits per heavy atom. The van der Waals surface area contributed by atoms with Crippen LogP contribution in [0, 0.1) is 0 Å². The van der Waals surface area contributed by atoms with Crippen molar-refractivity contribution < 1.29 is 9.52 Å². The molecule has 4 rings (SSSR count). The highest BCUT2D eigenvalue weighted by molar-refractivity contribution is 5.62. The van der Waals surface area contributed by atoms with Gasteiger partial charge < -0.3 is 14.5 Å². The molecule has 0 bridgehead atoms. The van der Waals surface area contributed by atoms with E-state index in [4.69, 9.17) is 4.42 Å². The van der Waals surface area contributed by atoms with Crippen molar-refractivity contribution in [2.45, 2.75) is 31.8 Å². The van der Waals surface area contributed by atoms with Gasteiger partial charge in [0.1, 0.15) is 5.82 Å².